The van der Waals surface area contributed by atoms with Crippen LogP contribution in [0.3, 0.4) is 0 Å². The van der Waals surface area contributed by atoms with E-state index >= 15 is 0 Å². The van der Waals surface area contributed by atoms with Crippen LogP contribution in [0.1, 0.15) is 47.9 Å². The van der Waals surface area contributed by atoms with Gasteiger partial charge in [0.15, 0.2) is 11.3 Å². The third kappa shape index (κ3) is 2.26. The number of carbonyl (C=O) groups excluding carboxylic acids is 1. The van der Waals surface area contributed by atoms with Crippen LogP contribution in [-0.4, -0.2) is 27.2 Å². The summed E-state index contributed by atoms with van der Waals surface area (Å²) in [6.07, 6.45) is 5.30. The number of aryl methyl sites for hydroxylation is 1. The molecule has 0 N–H and O–H groups in total. The van der Waals surface area contributed by atoms with E-state index in [9.17, 15) is 4.79 Å². The van der Waals surface area contributed by atoms with Gasteiger partial charge in [0.1, 0.15) is 5.15 Å². The summed E-state index contributed by atoms with van der Waals surface area (Å²) in [5, 5.41) is 4.79. The predicted molar refractivity (Wildman–Crippen MR) is 75.2 cm³/mol. The van der Waals surface area contributed by atoms with Crippen LogP contribution in [-0.2, 0) is 17.6 Å². The fourth-order valence-corrected chi connectivity index (χ4v) is 2.91. The van der Waals surface area contributed by atoms with Gasteiger partial charge in [-0.25, -0.2) is 14.3 Å². The van der Waals surface area contributed by atoms with Crippen molar-refractivity contribution in [3.63, 3.8) is 0 Å². The zero-order valence-corrected chi connectivity index (χ0v) is 12.1. The van der Waals surface area contributed by atoms with Crippen molar-refractivity contribution in [2.45, 2.75) is 39.0 Å². The first kappa shape index (κ1) is 13.4. The van der Waals surface area contributed by atoms with Crippen molar-refractivity contribution in [3.05, 3.63) is 28.2 Å². The van der Waals surface area contributed by atoms with Gasteiger partial charge in [-0.3, -0.25) is 0 Å². The van der Waals surface area contributed by atoms with Gasteiger partial charge in [0.05, 0.1) is 6.61 Å². The summed E-state index contributed by atoms with van der Waals surface area (Å²) in [4.78, 5) is 16.3. The Kier molecular flexibility index (Phi) is 3.61. The van der Waals surface area contributed by atoms with E-state index in [0.29, 0.717) is 17.4 Å². The van der Waals surface area contributed by atoms with Crippen LogP contribution in [0.2, 0.25) is 5.15 Å². The number of nitrogens with zero attached hydrogens (tertiary/aromatic N) is 3. The minimum atomic E-state index is -0.440. The predicted octanol–water partition coefficient (Wildman–Crippen LogP) is 2.83. The third-order valence-electron chi connectivity index (χ3n) is 3.55. The first-order chi connectivity index (χ1) is 9.70. The van der Waals surface area contributed by atoms with Gasteiger partial charge in [0.25, 0.3) is 0 Å². The Bertz CT molecular complexity index is 666. The minimum Gasteiger partial charge on any atom is -0.461 e. The molecule has 2 heterocycles. The molecular formula is C14H16ClN3O2. The Morgan fingerprint density at radius 1 is 1.40 bits per heavy atom. The van der Waals surface area contributed by atoms with E-state index in [1.165, 1.54) is 10.9 Å². The molecule has 20 heavy (non-hydrogen) atoms. The van der Waals surface area contributed by atoms with Crippen molar-refractivity contribution >= 4 is 23.2 Å². The normalized spacial score (nSPS) is 14.9. The van der Waals surface area contributed by atoms with Gasteiger partial charge >= 0.3 is 5.97 Å². The van der Waals surface area contributed by atoms with E-state index in [2.05, 4.69) is 10.1 Å². The average Bonchev–Trinajstić information content (AvgIpc) is 2.71. The molecule has 0 fully saturated rings. The summed E-state index contributed by atoms with van der Waals surface area (Å²) in [6.45, 7) is 2.09. The molecule has 0 bridgehead atoms. The lowest BCUT2D eigenvalue weighted by molar-refractivity contribution is 0.0519. The summed E-state index contributed by atoms with van der Waals surface area (Å²) >= 11 is 6.44. The zero-order valence-electron chi connectivity index (χ0n) is 11.4. The first-order valence-electron chi connectivity index (χ1n) is 6.95. The molecule has 0 saturated carbocycles. The van der Waals surface area contributed by atoms with Crippen molar-refractivity contribution in [3.8, 4) is 0 Å². The Balaban J connectivity index is 2.10. The minimum absolute atomic E-state index is 0.251. The average molecular weight is 294 g/mol. The van der Waals surface area contributed by atoms with Crippen molar-refractivity contribution in [1.82, 2.24) is 14.6 Å². The maximum absolute atomic E-state index is 11.7. The number of ether oxygens (including phenoxy) is 1. The molecule has 106 valence electrons. The van der Waals surface area contributed by atoms with Crippen molar-refractivity contribution in [2.24, 2.45) is 0 Å². The number of esters is 1. The molecule has 0 atom stereocenters. The Labute approximate surface area is 121 Å². The van der Waals surface area contributed by atoms with Gasteiger partial charge in [0, 0.05) is 17.3 Å². The molecular weight excluding hydrogens is 278 g/mol. The summed E-state index contributed by atoms with van der Waals surface area (Å²) in [6, 6.07) is 1.63. The second-order valence-corrected chi connectivity index (χ2v) is 5.27. The largest absolute Gasteiger partial charge is 0.461 e. The number of halogens is 1. The highest BCUT2D eigenvalue weighted by Crippen LogP contribution is 2.27. The SMILES string of the molecule is CCOC(=O)c1cc2nc3c(c(Cl)n2n1)CCCCC3. The smallest absolute Gasteiger partial charge is 0.358 e. The zero-order chi connectivity index (χ0) is 14.1. The van der Waals surface area contributed by atoms with Crippen LogP contribution in [0.15, 0.2) is 6.07 Å². The monoisotopic (exact) mass is 293 g/mol. The molecule has 5 nitrogen and oxygen atoms in total. The van der Waals surface area contributed by atoms with Crippen LogP contribution in [0.25, 0.3) is 5.65 Å². The maximum atomic E-state index is 11.7. The summed E-state index contributed by atoms with van der Waals surface area (Å²) in [5.41, 5.74) is 2.96. The molecule has 0 radical (unpaired) electrons. The highest BCUT2D eigenvalue weighted by atomic mass is 35.5. The Morgan fingerprint density at radius 3 is 3.00 bits per heavy atom. The molecule has 1 aliphatic rings. The van der Waals surface area contributed by atoms with Gasteiger partial charge in [-0.05, 0) is 32.6 Å². The fraction of sp³-hybridized carbons (Fsp3) is 0.500. The standard InChI is InChI=1S/C14H16ClN3O2/c1-2-20-14(19)11-8-12-16-10-7-5-3-4-6-9(10)13(15)18(12)17-11/h8H,2-7H2,1H3. The molecule has 1 aliphatic carbocycles. The van der Waals surface area contributed by atoms with Gasteiger partial charge in [-0.1, -0.05) is 18.0 Å². The van der Waals surface area contributed by atoms with Crippen LogP contribution in [0, 0.1) is 0 Å². The number of aromatic nitrogens is 3. The molecule has 0 unspecified atom stereocenters. The molecule has 0 spiro atoms. The van der Waals surface area contributed by atoms with Crippen LogP contribution >= 0.6 is 11.6 Å². The first-order valence-corrected chi connectivity index (χ1v) is 7.32. The van der Waals surface area contributed by atoms with Crippen LogP contribution < -0.4 is 0 Å². The molecule has 0 amide bonds. The van der Waals surface area contributed by atoms with Gasteiger partial charge in [0.2, 0.25) is 0 Å². The molecule has 2 aromatic rings. The molecule has 6 heteroatoms. The van der Waals surface area contributed by atoms with Crippen LogP contribution in [0.5, 0.6) is 0 Å². The number of hydrogen-bond donors (Lipinski definition) is 0. The topological polar surface area (TPSA) is 56.5 Å². The lowest BCUT2D eigenvalue weighted by Crippen LogP contribution is -2.06. The molecule has 0 aromatic carbocycles. The van der Waals surface area contributed by atoms with Crippen molar-refractivity contribution in [1.29, 1.82) is 0 Å². The van der Waals surface area contributed by atoms with E-state index in [-0.39, 0.29) is 5.69 Å². The summed E-state index contributed by atoms with van der Waals surface area (Å²) in [7, 11) is 0. The number of fused-ring (bicyclic) bond motifs is 2. The van der Waals surface area contributed by atoms with Crippen molar-refractivity contribution in [2.75, 3.05) is 6.61 Å². The maximum Gasteiger partial charge on any atom is 0.358 e. The molecule has 0 aliphatic heterocycles. The highest BCUT2D eigenvalue weighted by molar-refractivity contribution is 6.30. The third-order valence-corrected chi connectivity index (χ3v) is 3.94. The quantitative estimate of drug-likeness (QED) is 0.485. The van der Waals surface area contributed by atoms with E-state index in [0.717, 1.165) is 36.9 Å². The van der Waals surface area contributed by atoms with E-state index in [1.54, 1.807) is 13.0 Å². The van der Waals surface area contributed by atoms with E-state index < -0.39 is 5.97 Å². The summed E-state index contributed by atoms with van der Waals surface area (Å²) in [5.74, 6) is -0.440. The van der Waals surface area contributed by atoms with E-state index in [1.807, 2.05) is 0 Å². The second-order valence-electron chi connectivity index (χ2n) is 4.91. The number of rotatable bonds is 2. The molecule has 2 aromatic heterocycles. The molecule has 3 rings (SSSR count). The Morgan fingerprint density at radius 2 is 2.20 bits per heavy atom. The second kappa shape index (κ2) is 5.40. The van der Waals surface area contributed by atoms with Gasteiger partial charge < -0.3 is 4.74 Å². The Hall–Kier alpha value is -1.62. The lowest BCUT2D eigenvalue weighted by Gasteiger charge is -2.08. The van der Waals surface area contributed by atoms with Gasteiger partial charge in [-0.15, -0.1) is 0 Å². The highest BCUT2D eigenvalue weighted by Gasteiger charge is 2.20. The molecule has 0 saturated heterocycles. The lowest BCUT2D eigenvalue weighted by atomic mass is 10.1. The summed E-state index contributed by atoms with van der Waals surface area (Å²) < 4.78 is 6.50. The van der Waals surface area contributed by atoms with E-state index in [4.69, 9.17) is 16.3 Å². The fourth-order valence-electron chi connectivity index (χ4n) is 2.58. The number of carbonyl (C=O) groups is 1. The van der Waals surface area contributed by atoms with Gasteiger partial charge in [-0.2, -0.15) is 5.10 Å². The van der Waals surface area contributed by atoms with Crippen LogP contribution in [0.4, 0.5) is 0 Å². The number of hydrogen-bond acceptors (Lipinski definition) is 4. The van der Waals surface area contributed by atoms with Crippen molar-refractivity contribution < 1.29 is 9.53 Å².